The summed E-state index contributed by atoms with van der Waals surface area (Å²) in [5.74, 6) is 0.569. The molecule has 0 fully saturated rings. The van der Waals surface area contributed by atoms with Crippen LogP contribution in [0.2, 0.25) is 10.0 Å². The van der Waals surface area contributed by atoms with E-state index in [9.17, 15) is 4.79 Å². The van der Waals surface area contributed by atoms with Crippen LogP contribution >= 0.6 is 23.2 Å². The first-order valence-corrected chi connectivity index (χ1v) is 12.9. The number of benzene rings is 3. The average Bonchev–Trinajstić information content (AvgIpc) is 3.30. The van der Waals surface area contributed by atoms with Crippen molar-refractivity contribution in [1.82, 2.24) is 4.90 Å². The van der Waals surface area contributed by atoms with Crippen LogP contribution in [0.5, 0.6) is 5.75 Å². The molecular weight excluding hydrogens is 541 g/mol. The quantitative estimate of drug-likeness (QED) is 0.134. The Morgan fingerprint density at radius 3 is 2.59 bits per heavy atom. The molecule has 202 valence electrons. The van der Waals surface area contributed by atoms with Gasteiger partial charge in [-0.05, 0) is 47.5 Å². The van der Waals surface area contributed by atoms with Crippen LogP contribution in [0.3, 0.4) is 0 Å². The Hall–Kier alpha value is -3.75. The van der Waals surface area contributed by atoms with E-state index in [1.807, 2.05) is 0 Å². The van der Waals surface area contributed by atoms with Crippen LogP contribution in [0.1, 0.15) is 29.2 Å². The monoisotopic (exact) mass is 567 g/mol. The fourth-order valence-corrected chi connectivity index (χ4v) is 4.95. The van der Waals surface area contributed by atoms with E-state index in [0.717, 1.165) is 0 Å². The number of aliphatic hydroxyl groups excluding tert-OH is 1. The number of ether oxygens (including phenoxy) is 2. The number of aliphatic imine (C=N–C) groups is 1. The second kappa shape index (κ2) is 12.4. The number of azide groups is 1. The molecule has 0 saturated heterocycles. The SMILES string of the molecule is CN(C)C(=O)[C@]1(Cc2ccccc2N=[N+]=[N-])N=C(c2ccc(OCCCO)cc2)O[C@@H]1c1ccc(Cl)cc1Cl. The van der Waals surface area contributed by atoms with Gasteiger partial charge in [0.05, 0.1) is 6.61 Å². The van der Waals surface area contributed by atoms with E-state index in [1.54, 1.807) is 80.8 Å². The lowest BCUT2D eigenvalue weighted by Crippen LogP contribution is -2.49. The molecule has 2 atom stereocenters. The highest BCUT2D eigenvalue weighted by atomic mass is 35.5. The molecule has 1 amide bonds. The summed E-state index contributed by atoms with van der Waals surface area (Å²) in [6.45, 7) is 0.428. The van der Waals surface area contributed by atoms with Crippen molar-refractivity contribution in [3.63, 3.8) is 0 Å². The second-order valence-corrected chi connectivity index (χ2v) is 9.99. The Morgan fingerprint density at radius 2 is 1.92 bits per heavy atom. The van der Waals surface area contributed by atoms with E-state index in [0.29, 0.717) is 51.2 Å². The minimum atomic E-state index is -1.48. The van der Waals surface area contributed by atoms with Crippen molar-refractivity contribution in [3.8, 4) is 5.75 Å². The molecule has 1 aliphatic rings. The molecule has 9 nitrogen and oxygen atoms in total. The predicted octanol–water partition coefficient (Wildman–Crippen LogP) is 6.28. The van der Waals surface area contributed by atoms with Gasteiger partial charge in [-0.15, -0.1) is 0 Å². The molecule has 0 aromatic heterocycles. The third-order valence-electron chi connectivity index (χ3n) is 6.26. The molecule has 0 radical (unpaired) electrons. The molecule has 1 aliphatic heterocycles. The molecule has 39 heavy (non-hydrogen) atoms. The van der Waals surface area contributed by atoms with Crippen LogP contribution in [0, 0.1) is 0 Å². The Kier molecular flexibility index (Phi) is 8.99. The van der Waals surface area contributed by atoms with Crippen LogP contribution in [-0.2, 0) is 16.0 Å². The van der Waals surface area contributed by atoms with Crippen molar-refractivity contribution < 1.29 is 19.4 Å². The summed E-state index contributed by atoms with van der Waals surface area (Å²) in [7, 11) is 3.30. The van der Waals surface area contributed by atoms with Crippen LogP contribution in [0.4, 0.5) is 5.69 Å². The molecule has 11 heteroatoms. The third kappa shape index (κ3) is 6.13. The lowest BCUT2D eigenvalue weighted by atomic mass is 9.81. The van der Waals surface area contributed by atoms with Gasteiger partial charge in [0.1, 0.15) is 5.75 Å². The van der Waals surface area contributed by atoms with Gasteiger partial charge >= 0.3 is 0 Å². The van der Waals surface area contributed by atoms with Crippen LogP contribution in [-0.4, -0.2) is 54.7 Å². The summed E-state index contributed by atoms with van der Waals surface area (Å²) in [4.78, 5) is 23.3. The summed E-state index contributed by atoms with van der Waals surface area (Å²) in [5, 5.41) is 13.6. The summed E-state index contributed by atoms with van der Waals surface area (Å²) in [6.07, 6.45) is -0.311. The normalized spacial score (nSPS) is 18.1. The zero-order valence-electron chi connectivity index (χ0n) is 21.4. The maximum Gasteiger partial charge on any atom is 0.254 e. The standard InChI is InChI=1S/C28H27Cl2N5O4/c1-35(2)27(37)28(17-19-6-3-4-7-24(19)33-34-31)25(22-13-10-20(29)16-23(22)30)39-26(32-28)18-8-11-21(12-9-18)38-15-5-14-36/h3-4,6-13,16,25,36H,5,14-15,17H2,1-2H3/t25-,28-/m1/s1. The lowest BCUT2D eigenvalue weighted by Gasteiger charge is -2.33. The third-order valence-corrected chi connectivity index (χ3v) is 6.82. The Labute approximate surface area is 236 Å². The number of amides is 1. The van der Waals surface area contributed by atoms with Gasteiger partial charge in [0.15, 0.2) is 11.6 Å². The number of carbonyl (C=O) groups excluding carboxylic acids is 1. The maximum atomic E-state index is 14.0. The fraction of sp³-hybridized carbons (Fsp3) is 0.286. The summed E-state index contributed by atoms with van der Waals surface area (Å²) in [5.41, 5.74) is 9.83. The van der Waals surface area contributed by atoms with Crippen molar-refractivity contribution in [3.05, 3.63) is 104 Å². The number of rotatable bonds is 10. The molecule has 3 aromatic carbocycles. The van der Waals surface area contributed by atoms with E-state index in [4.69, 9.17) is 48.3 Å². The summed E-state index contributed by atoms with van der Waals surface area (Å²) < 4.78 is 12.1. The van der Waals surface area contributed by atoms with E-state index in [1.165, 1.54) is 4.90 Å². The number of halogens is 2. The molecule has 0 spiro atoms. The molecule has 4 rings (SSSR count). The van der Waals surface area contributed by atoms with Gasteiger partial charge in [0.25, 0.3) is 5.91 Å². The number of carbonyl (C=O) groups is 1. The smallest absolute Gasteiger partial charge is 0.254 e. The van der Waals surface area contributed by atoms with Crippen molar-refractivity contribution in [2.75, 3.05) is 27.3 Å². The summed E-state index contributed by atoms with van der Waals surface area (Å²) in [6, 6.07) is 19.2. The number of hydrogen-bond acceptors (Lipinski definition) is 6. The molecule has 0 bridgehead atoms. The molecule has 0 aliphatic carbocycles. The first kappa shape index (κ1) is 28.3. The van der Waals surface area contributed by atoms with Gasteiger partial charge in [0.2, 0.25) is 5.90 Å². The zero-order chi connectivity index (χ0) is 28.0. The largest absolute Gasteiger partial charge is 0.494 e. The van der Waals surface area contributed by atoms with Crippen LogP contribution in [0.25, 0.3) is 10.4 Å². The molecule has 0 saturated carbocycles. The van der Waals surface area contributed by atoms with Crippen molar-refractivity contribution in [2.45, 2.75) is 24.5 Å². The average molecular weight is 568 g/mol. The Morgan fingerprint density at radius 1 is 1.18 bits per heavy atom. The summed E-state index contributed by atoms with van der Waals surface area (Å²) >= 11 is 12.8. The fourth-order valence-electron chi connectivity index (χ4n) is 4.44. The molecular formula is C28H27Cl2N5O4. The van der Waals surface area contributed by atoms with Crippen molar-refractivity contribution >= 4 is 40.7 Å². The molecule has 0 unspecified atom stereocenters. The minimum absolute atomic E-state index is 0.0438. The zero-order valence-corrected chi connectivity index (χ0v) is 22.9. The van der Waals surface area contributed by atoms with Gasteiger partial charge in [-0.3, -0.25) is 4.79 Å². The van der Waals surface area contributed by atoms with Crippen LogP contribution < -0.4 is 4.74 Å². The van der Waals surface area contributed by atoms with Gasteiger partial charge in [-0.2, -0.15) is 0 Å². The van der Waals surface area contributed by atoms with Gasteiger partial charge in [-0.25, -0.2) is 4.99 Å². The van der Waals surface area contributed by atoms with E-state index in [-0.39, 0.29) is 24.8 Å². The number of nitrogens with zero attached hydrogens (tertiary/aromatic N) is 5. The number of likely N-dealkylation sites (N-methyl/N-ethyl adjacent to an activating group) is 1. The minimum Gasteiger partial charge on any atom is -0.494 e. The molecule has 1 N–H and O–H groups in total. The maximum absolute atomic E-state index is 14.0. The van der Waals surface area contributed by atoms with Gasteiger partial charge < -0.3 is 19.5 Å². The van der Waals surface area contributed by atoms with Gasteiger partial charge in [-0.1, -0.05) is 58.6 Å². The topological polar surface area (TPSA) is 120 Å². The second-order valence-electron chi connectivity index (χ2n) is 9.15. The first-order chi connectivity index (χ1) is 18.8. The Bertz CT molecular complexity index is 1420. The Balaban J connectivity index is 1.85. The lowest BCUT2D eigenvalue weighted by molar-refractivity contribution is -0.137. The van der Waals surface area contributed by atoms with E-state index >= 15 is 0 Å². The first-order valence-electron chi connectivity index (χ1n) is 12.2. The van der Waals surface area contributed by atoms with Crippen molar-refractivity contribution in [1.29, 1.82) is 0 Å². The van der Waals surface area contributed by atoms with E-state index < -0.39 is 11.6 Å². The predicted molar refractivity (Wildman–Crippen MR) is 151 cm³/mol. The highest BCUT2D eigenvalue weighted by Crippen LogP contribution is 2.46. The van der Waals surface area contributed by atoms with Crippen molar-refractivity contribution in [2.24, 2.45) is 10.1 Å². The highest BCUT2D eigenvalue weighted by Gasteiger charge is 2.54. The highest BCUT2D eigenvalue weighted by molar-refractivity contribution is 6.35. The number of aliphatic hydroxyl groups is 1. The van der Waals surface area contributed by atoms with E-state index in [2.05, 4.69) is 10.0 Å². The number of hydrogen-bond donors (Lipinski definition) is 1. The molecule has 1 heterocycles. The molecule has 3 aromatic rings. The van der Waals surface area contributed by atoms with Crippen LogP contribution in [0.15, 0.2) is 76.8 Å². The van der Waals surface area contributed by atoms with Gasteiger partial charge in [0, 0.05) is 65.3 Å².